The molecule has 38 heavy (non-hydrogen) atoms. The Hall–Kier alpha value is -0.360. The van der Waals surface area contributed by atoms with Crippen LogP contribution in [0, 0.1) is 0 Å². The molecular formula is C29H60O9. The smallest absolute Gasteiger partial charge is 0.0701 e. The Balaban J connectivity index is 3.01. The highest BCUT2D eigenvalue weighted by Crippen LogP contribution is 2.11. The van der Waals surface area contributed by atoms with Crippen molar-refractivity contribution < 1.29 is 43.0 Å². The second-order valence-electron chi connectivity index (χ2n) is 9.16. The first kappa shape index (κ1) is 37.6. The van der Waals surface area contributed by atoms with Gasteiger partial charge in [-0.15, -0.1) is 0 Å². The number of ether oxygens (including phenoxy) is 8. The van der Waals surface area contributed by atoms with E-state index in [-0.39, 0.29) is 6.61 Å². The predicted octanol–water partition coefficient (Wildman–Crippen LogP) is 4.42. The first-order valence-corrected chi connectivity index (χ1v) is 15.1. The highest BCUT2D eigenvalue weighted by atomic mass is 16.6. The number of hydrogen-bond donors (Lipinski definition) is 1. The van der Waals surface area contributed by atoms with Gasteiger partial charge in [-0.25, -0.2) is 0 Å². The summed E-state index contributed by atoms with van der Waals surface area (Å²) in [4.78, 5) is 0. The lowest BCUT2D eigenvalue weighted by atomic mass is 10.1. The second kappa shape index (κ2) is 36.6. The first-order valence-electron chi connectivity index (χ1n) is 15.1. The Morgan fingerprint density at radius 2 is 0.526 bits per heavy atom. The summed E-state index contributed by atoms with van der Waals surface area (Å²) in [7, 11) is 0. The maximum absolute atomic E-state index is 8.57. The lowest BCUT2D eigenvalue weighted by Gasteiger charge is -2.08. The molecule has 0 rings (SSSR count). The molecule has 0 aromatic rings. The average molecular weight is 553 g/mol. The van der Waals surface area contributed by atoms with Gasteiger partial charge >= 0.3 is 0 Å². The van der Waals surface area contributed by atoms with Crippen LogP contribution in [0.1, 0.15) is 77.6 Å². The zero-order chi connectivity index (χ0) is 27.5. The fraction of sp³-hybridized carbons (Fsp3) is 1.00. The number of unbranched alkanes of at least 4 members (excludes halogenated alkanes) is 10. The molecule has 0 amide bonds. The zero-order valence-electron chi connectivity index (χ0n) is 24.5. The van der Waals surface area contributed by atoms with Crippen molar-refractivity contribution in [2.45, 2.75) is 77.6 Å². The van der Waals surface area contributed by atoms with E-state index in [0.717, 1.165) is 13.0 Å². The fourth-order valence-electron chi connectivity index (χ4n) is 3.57. The van der Waals surface area contributed by atoms with Gasteiger partial charge in [-0.1, -0.05) is 71.1 Å². The third kappa shape index (κ3) is 35.6. The van der Waals surface area contributed by atoms with E-state index < -0.39 is 0 Å². The van der Waals surface area contributed by atoms with Crippen LogP contribution in [0.2, 0.25) is 0 Å². The van der Waals surface area contributed by atoms with E-state index in [1.165, 1.54) is 64.2 Å². The molecule has 0 fully saturated rings. The molecule has 0 heterocycles. The van der Waals surface area contributed by atoms with Crippen LogP contribution < -0.4 is 0 Å². The Morgan fingerprint density at radius 3 is 0.816 bits per heavy atom. The van der Waals surface area contributed by atoms with Crippen LogP contribution in [0.4, 0.5) is 0 Å². The van der Waals surface area contributed by atoms with E-state index >= 15 is 0 Å². The lowest BCUT2D eigenvalue weighted by Crippen LogP contribution is -2.15. The van der Waals surface area contributed by atoms with Crippen LogP contribution in [0.5, 0.6) is 0 Å². The molecule has 0 saturated heterocycles. The number of rotatable bonds is 35. The number of aliphatic hydroxyl groups is 1. The monoisotopic (exact) mass is 552 g/mol. The van der Waals surface area contributed by atoms with Crippen molar-refractivity contribution in [3.8, 4) is 0 Å². The van der Waals surface area contributed by atoms with Crippen molar-refractivity contribution in [3.63, 3.8) is 0 Å². The molecule has 0 aromatic carbocycles. The number of hydrogen-bond acceptors (Lipinski definition) is 9. The van der Waals surface area contributed by atoms with Crippen LogP contribution >= 0.6 is 0 Å². The molecule has 9 heteroatoms. The number of aliphatic hydroxyl groups excluding tert-OH is 1. The molecule has 0 aliphatic rings. The maximum atomic E-state index is 8.57. The summed E-state index contributed by atoms with van der Waals surface area (Å²) in [5, 5.41) is 8.57. The molecular weight excluding hydrogens is 492 g/mol. The lowest BCUT2D eigenvalue weighted by molar-refractivity contribution is -0.0238. The molecule has 0 aliphatic heterocycles. The molecule has 0 saturated carbocycles. The van der Waals surface area contributed by atoms with E-state index in [1.54, 1.807) is 0 Å². The molecule has 0 atom stereocenters. The van der Waals surface area contributed by atoms with Gasteiger partial charge in [-0.05, 0) is 6.42 Å². The molecule has 9 nitrogen and oxygen atoms in total. The maximum Gasteiger partial charge on any atom is 0.0701 e. The summed E-state index contributed by atoms with van der Waals surface area (Å²) >= 11 is 0. The van der Waals surface area contributed by atoms with E-state index in [2.05, 4.69) is 6.92 Å². The van der Waals surface area contributed by atoms with Crippen molar-refractivity contribution in [3.05, 3.63) is 0 Å². The van der Waals surface area contributed by atoms with Crippen molar-refractivity contribution in [1.29, 1.82) is 0 Å². The zero-order valence-corrected chi connectivity index (χ0v) is 24.5. The highest BCUT2D eigenvalue weighted by Gasteiger charge is 1.96. The summed E-state index contributed by atoms with van der Waals surface area (Å²) in [6.45, 7) is 11.1. The summed E-state index contributed by atoms with van der Waals surface area (Å²) in [6, 6.07) is 0. The van der Waals surface area contributed by atoms with Crippen molar-refractivity contribution >= 4 is 0 Å². The van der Waals surface area contributed by atoms with Crippen LogP contribution in [0.3, 0.4) is 0 Å². The van der Waals surface area contributed by atoms with Crippen LogP contribution in [0.25, 0.3) is 0 Å². The topological polar surface area (TPSA) is 94.1 Å². The van der Waals surface area contributed by atoms with Gasteiger partial charge in [0.15, 0.2) is 0 Å². The SMILES string of the molecule is CCCCCCCCCCCCCOCCOCCOCCOCCOCCOCCOCCOCCO. The third-order valence-corrected chi connectivity index (χ3v) is 5.73. The molecule has 0 aromatic heterocycles. The Kier molecular flexibility index (Phi) is 36.3. The molecule has 0 bridgehead atoms. The van der Waals surface area contributed by atoms with E-state index in [0.29, 0.717) is 99.1 Å². The van der Waals surface area contributed by atoms with Crippen LogP contribution in [-0.4, -0.2) is 117 Å². The first-order chi connectivity index (χ1) is 18.9. The predicted molar refractivity (Wildman–Crippen MR) is 150 cm³/mol. The summed E-state index contributed by atoms with van der Waals surface area (Å²) in [5.41, 5.74) is 0. The molecule has 0 radical (unpaired) electrons. The Morgan fingerprint density at radius 1 is 0.289 bits per heavy atom. The minimum absolute atomic E-state index is 0.0352. The van der Waals surface area contributed by atoms with E-state index in [1.807, 2.05) is 0 Å². The summed E-state index contributed by atoms with van der Waals surface area (Å²) in [5.74, 6) is 0. The largest absolute Gasteiger partial charge is 0.394 e. The van der Waals surface area contributed by atoms with E-state index in [4.69, 9.17) is 43.0 Å². The van der Waals surface area contributed by atoms with Crippen LogP contribution in [-0.2, 0) is 37.9 Å². The van der Waals surface area contributed by atoms with Crippen molar-refractivity contribution in [2.75, 3.05) is 112 Å². The van der Waals surface area contributed by atoms with Gasteiger partial charge in [-0.2, -0.15) is 0 Å². The third-order valence-electron chi connectivity index (χ3n) is 5.73. The minimum Gasteiger partial charge on any atom is -0.394 e. The standard InChI is InChI=1S/C29H60O9/c1-2-3-4-5-6-7-8-9-10-11-12-14-31-16-18-33-20-22-35-24-26-37-28-29-38-27-25-36-23-21-34-19-17-32-15-13-30/h30H,2-29H2,1H3. The Labute approximate surface area is 233 Å². The normalized spacial score (nSPS) is 11.5. The van der Waals surface area contributed by atoms with Crippen LogP contribution in [0.15, 0.2) is 0 Å². The summed E-state index contributed by atoms with van der Waals surface area (Å²) < 4.78 is 43.4. The van der Waals surface area contributed by atoms with Crippen molar-refractivity contribution in [1.82, 2.24) is 0 Å². The van der Waals surface area contributed by atoms with Gasteiger partial charge < -0.3 is 43.0 Å². The highest BCUT2D eigenvalue weighted by molar-refractivity contribution is 4.48. The average Bonchev–Trinajstić information content (AvgIpc) is 2.93. The fourth-order valence-corrected chi connectivity index (χ4v) is 3.57. The van der Waals surface area contributed by atoms with Gasteiger partial charge in [0.05, 0.1) is 106 Å². The van der Waals surface area contributed by atoms with Gasteiger partial charge in [0.25, 0.3) is 0 Å². The molecule has 230 valence electrons. The second-order valence-corrected chi connectivity index (χ2v) is 9.16. The minimum atomic E-state index is 0.0352. The molecule has 1 N–H and O–H groups in total. The quantitative estimate of drug-likeness (QED) is 0.115. The van der Waals surface area contributed by atoms with Crippen molar-refractivity contribution in [2.24, 2.45) is 0 Å². The Bertz CT molecular complexity index is 366. The van der Waals surface area contributed by atoms with Gasteiger partial charge in [0.1, 0.15) is 0 Å². The van der Waals surface area contributed by atoms with Gasteiger partial charge in [0.2, 0.25) is 0 Å². The van der Waals surface area contributed by atoms with Gasteiger partial charge in [-0.3, -0.25) is 0 Å². The molecule has 0 spiro atoms. The van der Waals surface area contributed by atoms with E-state index in [9.17, 15) is 0 Å². The molecule has 0 aliphatic carbocycles. The molecule has 0 unspecified atom stereocenters. The van der Waals surface area contributed by atoms with Gasteiger partial charge in [0, 0.05) is 6.61 Å². The summed E-state index contributed by atoms with van der Waals surface area (Å²) in [6.07, 6.45) is 14.9.